The maximum atomic E-state index is 6.15. The lowest BCUT2D eigenvalue weighted by Crippen LogP contribution is -2.47. The Hall–Kier alpha value is -0.860. The van der Waals surface area contributed by atoms with Crippen LogP contribution in [0.3, 0.4) is 0 Å². The maximum absolute atomic E-state index is 6.15. The van der Waals surface area contributed by atoms with Crippen LogP contribution in [0.5, 0.6) is 0 Å². The first-order valence-electron chi connectivity index (χ1n) is 5.36. The van der Waals surface area contributed by atoms with Gasteiger partial charge in [0.25, 0.3) is 0 Å². The van der Waals surface area contributed by atoms with Gasteiger partial charge in [0, 0.05) is 25.0 Å². The molecule has 1 fully saturated rings. The minimum Gasteiger partial charge on any atom is -0.324 e. The van der Waals surface area contributed by atoms with Crippen molar-refractivity contribution in [2.75, 3.05) is 13.1 Å². The third-order valence-electron chi connectivity index (χ3n) is 3.09. The van der Waals surface area contributed by atoms with E-state index in [1.807, 2.05) is 0 Å². The van der Waals surface area contributed by atoms with Crippen molar-refractivity contribution in [1.29, 1.82) is 0 Å². The first kappa shape index (κ1) is 9.69. The van der Waals surface area contributed by atoms with Crippen molar-refractivity contribution in [2.24, 2.45) is 11.7 Å². The molecule has 76 valence electrons. The Labute approximate surface area is 85.5 Å². The van der Waals surface area contributed by atoms with E-state index in [0.29, 0.717) is 5.92 Å². The molecule has 1 atom stereocenters. The molecular formula is C12H18N2. The van der Waals surface area contributed by atoms with Crippen LogP contribution in [0.25, 0.3) is 0 Å². The molecule has 0 aliphatic carbocycles. The number of aryl methyl sites for hydroxylation is 1. The number of hydrogen-bond acceptors (Lipinski definition) is 2. The van der Waals surface area contributed by atoms with Crippen LogP contribution in [0.15, 0.2) is 24.3 Å². The standard InChI is InChI=1S/C12H18N2/c1-2-9-3-5-10(6-4-9)12(13)11-7-14-8-11/h3-6,11-12,14H,2,7-8,13H2,1H3. The van der Waals surface area contributed by atoms with Gasteiger partial charge >= 0.3 is 0 Å². The first-order chi connectivity index (χ1) is 6.81. The monoisotopic (exact) mass is 190 g/mol. The molecule has 2 nitrogen and oxygen atoms in total. The third kappa shape index (κ3) is 1.81. The van der Waals surface area contributed by atoms with E-state index in [9.17, 15) is 0 Å². The van der Waals surface area contributed by atoms with E-state index in [1.165, 1.54) is 11.1 Å². The Bertz CT molecular complexity index is 288. The van der Waals surface area contributed by atoms with Crippen molar-refractivity contribution in [3.63, 3.8) is 0 Å². The van der Waals surface area contributed by atoms with Crippen molar-refractivity contribution >= 4 is 0 Å². The molecule has 1 aromatic carbocycles. The van der Waals surface area contributed by atoms with Gasteiger partial charge in [-0.1, -0.05) is 31.2 Å². The molecule has 0 spiro atoms. The fourth-order valence-electron chi connectivity index (χ4n) is 1.81. The molecule has 3 N–H and O–H groups in total. The van der Waals surface area contributed by atoms with Gasteiger partial charge in [-0.3, -0.25) is 0 Å². The van der Waals surface area contributed by atoms with Gasteiger partial charge in [-0.15, -0.1) is 0 Å². The molecule has 14 heavy (non-hydrogen) atoms. The third-order valence-corrected chi connectivity index (χ3v) is 3.09. The second kappa shape index (κ2) is 4.11. The summed E-state index contributed by atoms with van der Waals surface area (Å²) in [6, 6.07) is 8.91. The first-order valence-corrected chi connectivity index (χ1v) is 5.36. The van der Waals surface area contributed by atoms with Gasteiger partial charge in [-0.25, -0.2) is 0 Å². The number of nitrogens with one attached hydrogen (secondary N) is 1. The van der Waals surface area contributed by atoms with Crippen LogP contribution >= 0.6 is 0 Å². The fourth-order valence-corrected chi connectivity index (χ4v) is 1.81. The molecule has 0 bridgehead atoms. The molecule has 0 radical (unpaired) electrons. The smallest absolute Gasteiger partial charge is 0.0347 e. The highest BCUT2D eigenvalue weighted by atomic mass is 15.0. The normalized spacial score (nSPS) is 19.0. The molecule has 1 aliphatic rings. The molecule has 2 rings (SSSR count). The van der Waals surface area contributed by atoms with Crippen molar-refractivity contribution in [3.05, 3.63) is 35.4 Å². The van der Waals surface area contributed by atoms with E-state index in [4.69, 9.17) is 5.73 Å². The van der Waals surface area contributed by atoms with E-state index in [2.05, 4.69) is 36.5 Å². The lowest BCUT2D eigenvalue weighted by Gasteiger charge is -2.32. The Morgan fingerprint density at radius 3 is 2.43 bits per heavy atom. The van der Waals surface area contributed by atoms with Crippen molar-refractivity contribution in [2.45, 2.75) is 19.4 Å². The topological polar surface area (TPSA) is 38.0 Å². The summed E-state index contributed by atoms with van der Waals surface area (Å²) in [6.07, 6.45) is 1.10. The van der Waals surface area contributed by atoms with E-state index < -0.39 is 0 Å². The molecule has 1 aromatic rings. The van der Waals surface area contributed by atoms with Crippen LogP contribution in [0.2, 0.25) is 0 Å². The van der Waals surface area contributed by atoms with Gasteiger partial charge in [-0.2, -0.15) is 0 Å². The predicted octanol–water partition coefficient (Wildman–Crippen LogP) is 1.47. The Kier molecular flexibility index (Phi) is 2.85. The van der Waals surface area contributed by atoms with Gasteiger partial charge in [0.05, 0.1) is 0 Å². The minimum atomic E-state index is 0.210. The van der Waals surface area contributed by atoms with E-state index >= 15 is 0 Å². The van der Waals surface area contributed by atoms with Gasteiger partial charge in [-0.05, 0) is 17.5 Å². The molecule has 2 heteroatoms. The average Bonchev–Trinajstić information content (AvgIpc) is 2.15. The zero-order valence-electron chi connectivity index (χ0n) is 8.66. The molecular weight excluding hydrogens is 172 g/mol. The van der Waals surface area contributed by atoms with Crippen LogP contribution in [0, 0.1) is 5.92 Å². The molecule has 1 heterocycles. The molecule has 1 aliphatic heterocycles. The van der Waals surface area contributed by atoms with Crippen molar-refractivity contribution < 1.29 is 0 Å². The fraction of sp³-hybridized carbons (Fsp3) is 0.500. The van der Waals surface area contributed by atoms with Crippen LogP contribution in [-0.4, -0.2) is 13.1 Å². The van der Waals surface area contributed by atoms with Gasteiger partial charge in [0.2, 0.25) is 0 Å². The highest BCUT2D eigenvalue weighted by molar-refractivity contribution is 5.25. The predicted molar refractivity (Wildman–Crippen MR) is 59.1 cm³/mol. The van der Waals surface area contributed by atoms with Crippen molar-refractivity contribution in [1.82, 2.24) is 5.32 Å². The Morgan fingerprint density at radius 1 is 1.36 bits per heavy atom. The minimum absolute atomic E-state index is 0.210. The second-order valence-electron chi connectivity index (χ2n) is 4.04. The van der Waals surface area contributed by atoms with Crippen LogP contribution in [0.1, 0.15) is 24.1 Å². The molecule has 0 saturated carbocycles. The molecule has 1 saturated heterocycles. The van der Waals surface area contributed by atoms with Gasteiger partial charge in [0.15, 0.2) is 0 Å². The summed E-state index contributed by atoms with van der Waals surface area (Å²) < 4.78 is 0. The van der Waals surface area contributed by atoms with Gasteiger partial charge in [0.1, 0.15) is 0 Å². The zero-order valence-corrected chi connectivity index (χ0v) is 8.66. The SMILES string of the molecule is CCc1ccc(C(N)C2CNC2)cc1. The molecule has 0 amide bonds. The number of benzene rings is 1. The highest BCUT2D eigenvalue weighted by Crippen LogP contribution is 2.22. The number of rotatable bonds is 3. The second-order valence-corrected chi connectivity index (χ2v) is 4.04. The summed E-state index contributed by atoms with van der Waals surface area (Å²) in [4.78, 5) is 0. The van der Waals surface area contributed by atoms with Gasteiger partial charge < -0.3 is 11.1 Å². The molecule has 0 aromatic heterocycles. The summed E-state index contributed by atoms with van der Waals surface area (Å²) in [5.74, 6) is 0.627. The summed E-state index contributed by atoms with van der Waals surface area (Å²) in [5, 5.41) is 3.25. The van der Waals surface area contributed by atoms with Crippen LogP contribution in [0.4, 0.5) is 0 Å². The summed E-state index contributed by atoms with van der Waals surface area (Å²) in [6.45, 7) is 4.30. The van der Waals surface area contributed by atoms with Crippen LogP contribution < -0.4 is 11.1 Å². The number of hydrogen-bond donors (Lipinski definition) is 2. The Balaban J connectivity index is 2.07. The molecule has 1 unspecified atom stereocenters. The van der Waals surface area contributed by atoms with Crippen molar-refractivity contribution in [3.8, 4) is 0 Å². The lowest BCUT2D eigenvalue weighted by molar-refractivity contribution is 0.295. The Morgan fingerprint density at radius 2 is 2.00 bits per heavy atom. The van der Waals surface area contributed by atoms with Crippen LogP contribution in [-0.2, 0) is 6.42 Å². The quantitative estimate of drug-likeness (QED) is 0.757. The summed E-state index contributed by atoms with van der Waals surface area (Å²) >= 11 is 0. The lowest BCUT2D eigenvalue weighted by atomic mass is 9.89. The largest absolute Gasteiger partial charge is 0.324 e. The van der Waals surface area contributed by atoms with E-state index in [1.54, 1.807) is 0 Å². The van der Waals surface area contributed by atoms with E-state index in [-0.39, 0.29) is 6.04 Å². The summed E-state index contributed by atoms with van der Waals surface area (Å²) in [7, 11) is 0. The highest BCUT2D eigenvalue weighted by Gasteiger charge is 2.24. The average molecular weight is 190 g/mol. The van der Waals surface area contributed by atoms with E-state index in [0.717, 1.165) is 19.5 Å². The zero-order chi connectivity index (χ0) is 9.97. The number of nitrogens with two attached hydrogens (primary N) is 1. The summed E-state index contributed by atoms with van der Waals surface area (Å²) in [5.41, 5.74) is 8.81. The maximum Gasteiger partial charge on any atom is 0.0347 e.